The summed E-state index contributed by atoms with van der Waals surface area (Å²) in [5, 5.41) is 8.84. The van der Waals surface area contributed by atoms with Gasteiger partial charge in [-0.3, -0.25) is 9.59 Å². The van der Waals surface area contributed by atoms with Crippen LogP contribution in [0.15, 0.2) is 18.2 Å². The van der Waals surface area contributed by atoms with Crippen molar-refractivity contribution in [3.05, 3.63) is 23.9 Å². The number of aromatic carboxylic acids is 1. The summed E-state index contributed by atoms with van der Waals surface area (Å²) in [5.74, 6) is -1.75. The van der Waals surface area contributed by atoms with E-state index in [2.05, 4.69) is 4.98 Å². The van der Waals surface area contributed by atoms with E-state index < -0.39 is 5.97 Å². The second-order valence-corrected chi connectivity index (χ2v) is 4.02. The SMILES string of the molecule is O=C(O)c1cccc(N2C(=O)CCCCC2=O)n1. The summed E-state index contributed by atoms with van der Waals surface area (Å²) in [5.41, 5.74) is -0.183. The Labute approximate surface area is 103 Å². The van der Waals surface area contributed by atoms with E-state index in [1.807, 2.05) is 0 Å². The van der Waals surface area contributed by atoms with Gasteiger partial charge in [-0.15, -0.1) is 0 Å². The van der Waals surface area contributed by atoms with Gasteiger partial charge >= 0.3 is 5.97 Å². The Morgan fingerprint density at radius 2 is 1.78 bits per heavy atom. The lowest BCUT2D eigenvalue weighted by Crippen LogP contribution is -2.36. The Kier molecular flexibility index (Phi) is 3.36. The fraction of sp³-hybridized carbons (Fsp3) is 0.333. The molecule has 1 fully saturated rings. The summed E-state index contributed by atoms with van der Waals surface area (Å²) in [6, 6.07) is 4.25. The van der Waals surface area contributed by atoms with Gasteiger partial charge in [0.25, 0.3) is 0 Å². The molecule has 1 aromatic heterocycles. The van der Waals surface area contributed by atoms with Crippen LogP contribution in [0.25, 0.3) is 0 Å². The molecule has 1 N–H and O–H groups in total. The van der Waals surface area contributed by atoms with E-state index in [-0.39, 0.29) is 36.2 Å². The minimum atomic E-state index is -1.19. The number of rotatable bonds is 2. The zero-order valence-corrected chi connectivity index (χ0v) is 9.63. The Hall–Kier alpha value is -2.24. The maximum Gasteiger partial charge on any atom is 0.354 e. The molecule has 0 saturated carbocycles. The highest BCUT2D eigenvalue weighted by molar-refractivity contribution is 6.14. The van der Waals surface area contributed by atoms with Crippen molar-refractivity contribution in [1.29, 1.82) is 0 Å². The largest absolute Gasteiger partial charge is 0.477 e. The van der Waals surface area contributed by atoms with Crippen LogP contribution in [0.2, 0.25) is 0 Å². The minimum Gasteiger partial charge on any atom is -0.477 e. The zero-order chi connectivity index (χ0) is 13.1. The third-order valence-corrected chi connectivity index (χ3v) is 2.71. The van der Waals surface area contributed by atoms with Gasteiger partial charge in [0.15, 0.2) is 5.69 Å². The molecule has 6 nitrogen and oxygen atoms in total. The highest BCUT2D eigenvalue weighted by Gasteiger charge is 2.27. The van der Waals surface area contributed by atoms with Crippen molar-refractivity contribution in [2.45, 2.75) is 25.7 Å². The highest BCUT2D eigenvalue weighted by atomic mass is 16.4. The molecule has 0 bridgehead atoms. The van der Waals surface area contributed by atoms with E-state index >= 15 is 0 Å². The molecule has 2 amide bonds. The summed E-state index contributed by atoms with van der Waals surface area (Å²) in [7, 11) is 0. The van der Waals surface area contributed by atoms with Crippen molar-refractivity contribution in [3.63, 3.8) is 0 Å². The number of amides is 2. The molecule has 18 heavy (non-hydrogen) atoms. The van der Waals surface area contributed by atoms with E-state index in [0.29, 0.717) is 12.8 Å². The maximum atomic E-state index is 11.8. The first-order chi connectivity index (χ1) is 8.59. The Bertz CT molecular complexity index is 495. The molecule has 2 rings (SSSR count). The van der Waals surface area contributed by atoms with E-state index in [0.717, 1.165) is 4.90 Å². The Morgan fingerprint density at radius 1 is 1.17 bits per heavy atom. The van der Waals surface area contributed by atoms with Gasteiger partial charge in [-0.05, 0) is 25.0 Å². The number of imide groups is 1. The average molecular weight is 248 g/mol. The van der Waals surface area contributed by atoms with Crippen LogP contribution < -0.4 is 4.90 Å². The first-order valence-electron chi connectivity index (χ1n) is 5.66. The number of hydrogen-bond donors (Lipinski definition) is 1. The fourth-order valence-electron chi connectivity index (χ4n) is 1.84. The number of carbonyl (C=O) groups is 3. The smallest absolute Gasteiger partial charge is 0.354 e. The lowest BCUT2D eigenvalue weighted by Gasteiger charge is -2.17. The van der Waals surface area contributed by atoms with Crippen molar-refractivity contribution >= 4 is 23.6 Å². The molecule has 0 radical (unpaired) electrons. The fourth-order valence-corrected chi connectivity index (χ4v) is 1.84. The monoisotopic (exact) mass is 248 g/mol. The third-order valence-electron chi connectivity index (χ3n) is 2.71. The second-order valence-electron chi connectivity index (χ2n) is 4.02. The molecule has 0 atom stereocenters. The number of carboxylic acids is 1. The van der Waals surface area contributed by atoms with Crippen molar-refractivity contribution in [2.75, 3.05) is 4.90 Å². The molecule has 0 spiro atoms. The molecule has 6 heteroatoms. The van der Waals surface area contributed by atoms with Gasteiger partial charge in [-0.1, -0.05) is 6.07 Å². The molecule has 94 valence electrons. The van der Waals surface area contributed by atoms with Crippen molar-refractivity contribution in [1.82, 2.24) is 4.98 Å². The Morgan fingerprint density at radius 3 is 2.33 bits per heavy atom. The standard InChI is InChI=1S/C12H12N2O4/c15-10-6-1-2-7-11(16)14(10)9-5-3-4-8(13-9)12(17)18/h3-5H,1-2,6-7H2,(H,17,18). The molecular formula is C12H12N2O4. The first-order valence-corrected chi connectivity index (χ1v) is 5.66. The van der Waals surface area contributed by atoms with E-state index in [1.165, 1.54) is 18.2 Å². The van der Waals surface area contributed by atoms with E-state index in [1.54, 1.807) is 0 Å². The van der Waals surface area contributed by atoms with Gasteiger partial charge in [0.1, 0.15) is 5.82 Å². The number of nitrogens with zero attached hydrogens (tertiary/aromatic N) is 2. The lowest BCUT2D eigenvalue weighted by molar-refractivity contribution is -0.125. The molecular weight excluding hydrogens is 236 g/mol. The molecule has 0 aromatic carbocycles. The number of hydrogen-bond acceptors (Lipinski definition) is 4. The van der Waals surface area contributed by atoms with Crippen LogP contribution in [-0.2, 0) is 9.59 Å². The van der Waals surface area contributed by atoms with Gasteiger partial charge in [0.2, 0.25) is 11.8 Å². The molecule has 1 saturated heterocycles. The lowest BCUT2D eigenvalue weighted by atomic mass is 10.2. The first kappa shape index (κ1) is 12.2. The van der Waals surface area contributed by atoms with E-state index in [4.69, 9.17) is 5.11 Å². The topological polar surface area (TPSA) is 87.6 Å². The second kappa shape index (κ2) is 4.95. The van der Waals surface area contributed by atoms with Gasteiger partial charge in [0.05, 0.1) is 0 Å². The van der Waals surface area contributed by atoms with Crippen molar-refractivity contribution in [2.24, 2.45) is 0 Å². The summed E-state index contributed by atoms with van der Waals surface area (Å²) >= 11 is 0. The number of carboxylic acid groups (broad SMARTS) is 1. The van der Waals surface area contributed by atoms with Crippen molar-refractivity contribution in [3.8, 4) is 0 Å². The van der Waals surface area contributed by atoms with Gasteiger partial charge in [-0.25, -0.2) is 14.7 Å². The van der Waals surface area contributed by atoms with Crippen LogP contribution >= 0.6 is 0 Å². The predicted molar refractivity (Wildman–Crippen MR) is 62.2 cm³/mol. The van der Waals surface area contributed by atoms with Gasteiger partial charge in [0, 0.05) is 12.8 Å². The maximum absolute atomic E-state index is 11.8. The highest BCUT2D eigenvalue weighted by Crippen LogP contribution is 2.19. The van der Waals surface area contributed by atoms with Crippen LogP contribution in [0.5, 0.6) is 0 Å². The summed E-state index contributed by atoms with van der Waals surface area (Å²) in [4.78, 5) is 39.3. The normalized spacial score (nSPS) is 16.6. The molecule has 1 aliphatic heterocycles. The summed E-state index contributed by atoms with van der Waals surface area (Å²) in [6.07, 6.45) is 1.90. The molecule has 1 aromatic rings. The number of carbonyl (C=O) groups excluding carboxylic acids is 2. The van der Waals surface area contributed by atoms with Crippen LogP contribution in [-0.4, -0.2) is 27.9 Å². The van der Waals surface area contributed by atoms with Gasteiger partial charge in [-0.2, -0.15) is 0 Å². The predicted octanol–water partition coefficient (Wildman–Crippen LogP) is 1.21. The van der Waals surface area contributed by atoms with Crippen LogP contribution in [0, 0.1) is 0 Å². The van der Waals surface area contributed by atoms with E-state index in [9.17, 15) is 14.4 Å². The van der Waals surface area contributed by atoms with Crippen LogP contribution in [0.1, 0.15) is 36.2 Å². The van der Waals surface area contributed by atoms with Crippen LogP contribution in [0.3, 0.4) is 0 Å². The Balaban J connectivity index is 2.39. The summed E-state index contributed by atoms with van der Waals surface area (Å²) in [6.45, 7) is 0. The number of pyridine rings is 1. The number of anilines is 1. The zero-order valence-electron chi connectivity index (χ0n) is 9.63. The molecule has 0 unspecified atom stereocenters. The number of aromatic nitrogens is 1. The minimum absolute atomic E-state index is 0.0896. The van der Waals surface area contributed by atoms with Gasteiger partial charge < -0.3 is 5.11 Å². The molecule has 2 heterocycles. The third kappa shape index (κ3) is 2.37. The van der Waals surface area contributed by atoms with Crippen molar-refractivity contribution < 1.29 is 19.5 Å². The molecule has 0 aliphatic carbocycles. The quantitative estimate of drug-likeness (QED) is 0.795. The molecule has 1 aliphatic rings. The van der Waals surface area contributed by atoms with Crippen LogP contribution in [0.4, 0.5) is 5.82 Å². The average Bonchev–Trinajstić information content (AvgIpc) is 2.51. The summed E-state index contributed by atoms with van der Waals surface area (Å²) < 4.78 is 0.